The van der Waals surface area contributed by atoms with Gasteiger partial charge in [-0.2, -0.15) is 0 Å². The van der Waals surface area contributed by atoms with Crippen LogP contribution in [0.5, 0.6) is 0 Å². The van der Waals surface area contributed by atoms with Crippen molar-refractivity contribution in [2.24, 2.45) is 0 Å². The van der Waals surface area contributed by atoms with Gasteiger partial charge in [-0.05, 0) is 13.0 Å². The Hall–Kier alpha value is -0.610. The monoisotopic (exact) mass is 142 g/mol. The summed E-state index contributed by atoms with van der Waals surface area (Å²) in [6.07, 6.45) is 0.819. The third-order valence-electron chi connectivity index (χ3n) is 1.57. The van der Waals surface area contributed by atoms with Crippen LogP contribution in [-0.2, 0) is 4.79 Å². The van der Waals surface area contributed by atoms with Crippen molar-refractivity contribution in [3.63, 3.8) is 0 Å². The highest BCUT2D eigenvalue weighted by atomic mass is 16.2. The van der Waals surface area contributed by atoms with E-state index >= 15 is 0 Å². The first-order chi connectivity index (χ1) is 4.84. The van der Waals surface area contributed by atoms with Crippen LogP contribution in [0.2, 0.25) is 0 Å². The second-order valence-corrected chi connectivity index (χ2v) is 2.26. The van der Waals surface area contributed by atoms with Crippen molar-refractivity contribution >= 4 is 5.91 Å². The predicted octanol–water partition coefficient (Wildman–Crippen LogP) is -1.34. The summed E-state index contributed by atoms with van der Waals surface area (Å²) in [6.45, 7) is 1.50. The summed E-state index contributed by atoms with van der Waals surface area (Å²) in [6, 6.07) is -0.119. The molecular formula is C6H12N3O. The lowest BCUT2D eigenvalue weighted by atomic mass is 10.1. The summed E-state index contributed by atoms with van der Waals surface area (Å²) in [5.74, 6) is 0.0292. The van der Waals surface area contributed by atoms with E-state index in [-0.39, 0.29) is 11.9 Å². The molecule has 4 nitrogen and oxygen atoms in total. The first-order valence-electron chi connectivity index (χ1n) is 3.43. The molecule has 1 saturated heterocycles. The standard InChI is InChI=1S/C6H12N3O/c1-7-6(10)5-2-3-8-4-9-5/h5,8H,2-4H2,1H3,(H,7,10). The topological polar surface area (TPSA) is 55.2 Å². The Bertz CT molecular complexity index is 120. The van der Waals surface area contributed by atoms with Gasteiger partial charge in [-0.1, -0.05) is 0 Å². The number of hydrogen-bond donors (Lipinski definition) is 2. The zero-order valence-corrected chi connectivity index (χ0v) is 6.05. The summed E-state index contributed by atoms with van der Waals surface area (Å²) < 4.78 is 0. The third-order valence-corrected chi connectivity index (χ3v) is 1.57. The van der Waals surface area contributed by atoms with E-state index in [0.29, 0.717) is 6.67 Å². The molecule has 0 saturated carbocycles. The summed E-state index contributed by atoms with van der Waals surface area (Å²) in [5.41, 5.74) is 0. The number of nitrogens with one attached hydrogen (secondary N) is 2. The maximum Gasteiger partial charge on any atom is 0.238 e. The van der Waals surface area contributed by atoms with Gasteiger partial charge in [0.25, 0.3) is 0 Å². The van der Waals surface area contributed by atoms with Crippen LogP contribution in [0, 0.1) is 0 Å². The predicted molar refractivity (Wildman–Crippen MR) is 37.5 cm³/mol. The molecule has 1 aliphatic heterocycles. The SMILES string of the molecule is CNC(=O)C1CCNC[N]1. The molecule has 0 aliphatic carbocycles. The van der Waals surface area contributed by atoms with E-state index in [0.717, 1.165) is 13.0 Å². The lowest BCUT2D eigenvalue weighted by Gasteiger charge is -2.20. The maximum atomic E-state index is 10.9. The van der Waals surface area contributed by atoms with Crippen molar-refractivity contribution in [1.82, 2.24) is 16.0 Å². The van der Waals surface area contributed by atoms with Crippen molar-refractivity contribution in [2.75, 3.05) is 20.3 Å². The van der Waals surface area contributed by atoms with Gasteiger partial charge in [-0.3, -0.25) is 4.79 Å². The van der Waals surface area contributed by atoms with Gasteiger partial charge in [0, 0.05) is 7.05 Å². The molecule has 1 rings (SSSR count). The van der Waals surface area contributed by atoms with Gasteiger partial charge in [0.05, 0.1) is 6.67 Å². The van der Waals surface area contributed by atoms with Crippen LogP contribution in [0.15, 0.2) is 0 Å². The number of carbonyl (C=O) groups excluding carboxylic acids is 1. The van der Waals surface area contributed by atoms with Crippen LogP contribution in [0.25, 0.3) is 0 Å². The molecule has 1 fully saturated rings. The summed E-state index contributed by atoms with van der Waals surface area (Å²) in [7, 11) is 1.64. The van der Waals surface area contributed by atoms with E-state index in [1.165, 1.54) is 0 Å². The van der Waals surface area contributed by atoms with Crippen LogP contribution >= 0.6 is 0 Å². The van der Waals surface area contributed by atoms with Crippen LogP contribution in [0.4, 0.5) is 0 Å². The van der Waals surface area contributed by atoms with Crippen molar-refractivity contribution in [1.29, 1.82) is 0 Å². The van der Waals surface area contributed by atoms with Gasteiger partial charge in [-0.15, -0.1) is 0 Å². The van der Waals surface area contributed by atoms with Gasteiger partial charge in [0.1, 0.15) is 6.04 Å². The molecule has 0 aromatic rings. The van der Waals surface area contributed by atoms with Crippen LogP contribution in [-0.4, -0.2) is 32.2 Å². The first kappa shape index (κ1) is 7.50. The summed E-state index contributed by atoms with van der Waals surface area (Å²) in [5, 5.41) is 9.70. The quantitative estimate of drug-likeness (QED) is 0.476. The highest BCUT2D eigenvalue weighted by molar-refractivity contribution is 5.81. The smallest absolute Gasteiger partial charge is 0.238 e. The van der Waals surface area contributed by atoms with Crippen molar-refractivity contribution in [3.8, 4) is 0 Å². The van der Waals surface area contributed by atoms with E-state index in [1.807, 2.05) is 0 Å². The molecule has 0 spiro atoms. The van der Waals surface area contributed by atoms with Gasteiger partial charge < -0.3 is 10.6 Å². The number of likely N-dealkylation sites (N-methyl/N-ethyl adjacent to an activating group) is 1. The zero-order chi connectivity index (χ0) is 7.40. The van der Waals surface area contributed by atoms with E-state index in [4.69, 9.17) is 0 Å². The zero-order valence-electron chi connectivity index (χ0n) is 6.05. The molecular weight excluding hydrogens is 130 g/mol. The highest BCUT2D eigenvalue weighted by Crippen LogP contribution is 1.95. The van der Waals surface area contributed by atoms with Crippen molar-refractivity contribution in [3.05, 3.63) is 0 Å². The molecule has 1 amide bonds. The Balaban J connectivity index is 2.31. The molecule has 0 aromatic heterocycles. The Morgan fingerprint density at radius 3 is 3.10 bits per heavy atom. The average molecular weight is 142 g/mol. The summed E-state index contributed by atoms with van der Waals surface area (Å²) >= 11 is 0. The van der Waals surface area contributed by atoms with Crippen LogP contribution in [0.3, 0.4) is 0 Å². The molecule has 10 heavy (non-hydrogen) atoms. The molecule has 0 aromatic carbocycles. The van der Waals surface area contributed by atoms with Crippen molar-refractivity contribution in [2.45, 2.75) is 12.5 Å². The lowest BCUT2D eigenvalue weighted by molar-refractivity contribution is -0.123. The average Bonchev–Trinajstić information content (AvgIpc) is 2.05. The summed E-state index contributed by atoms with van der Waals surface area (Å²) in [4.78, 5) is 10.9. The largest absolute Gasteiger partial charge is 0.358 e. The molecule has 1 aliphatic rings. The molecule has 2 N–H and O–H groups in total. The third kappa shape index (κ3) is 1.68. The number of nitrogens with zero attached hydrogens (tertiary/aromatic N) is 1. The molecule has 1 heterocycles. The van der Waals surface area contributed by atoms with E-state index < -0.39 is 0 Å². The molecule has 1 unspecified atom stereocenters. The Kier molecular flexibility index (Phi) is 2.65. The van der Waals surface area contributed by atoms with E-state index in [2.05, 4.69) is 16.0 Å². The minimum Gasteiger partial charge on any atom is -0.358 e. The van der Waals surface area contributed by atoms with Crippen LogP contribution in [0.1, 0.15) is 6.42 Å². The van der Waals surface area contributed by atoms with E-state index in [9.17, 15) is 4.79 Å². The Morgan fingerprint density at radius 2 is 2.60 bits per heavy atom. The maximum absolute atomic E-state index is 10.9. The molecule has 1 atom stereocenters. The minimum absolute atomic E-state index is 0.0292. The number of carbonyl (C=O) groups is 1. The highest BCUT2D eigenvalue weighted by Gasteiger charge is 2.19. The minimum atomic E-state index is -0.119. The van der Waals surface area contributed by atoms with Crippen molar-refractivity contribution < 1.29 is 4.79 Å². The van der Waals surface area contributed by atoms with Gasteiger partial charge >= 0.3 is 0 Å². The fourth-order valence-corrected chi connectivity index (χ4v) is 0.964. The number of amides is 1. The molecule has 57 valence electrons. The second kappa shape index (κ2) is 3.53. The lowest BCUT2D eigenvalue weighted by Crippen LogP contribution is -2.47. The second-order valence-electron chi connectivity index (χ2n) is 2.26. The fourth-order valence-electron chi connectivity index (χ4n) is 0.964. The number of hydrogen-bond acceptors (Lipinski definition) is 2. The van der Waals surface area contributed by atoms with Gasteiger partial charge in [-0.25, -0.2) is 5.32 Å². The molecule has 0 bridgehead atoms. The van der Waals surface area contributed by atoms with Gasteiger partial charge in [0.2, 0.25) is 5.91 Å². The normalized spacial score (nSPS) is 25.9. The van der Waals surface area contributed by atoms with E-state index in [1.54, 1.807) is 7.05 Å². The molecule has 4 heteroatoms. The first-order valence-corrected chi connectivity index (χ1v) is 3.43. The molecule has 1 radical (unpaired) electrons. The van der Waals surface area contributed by atoms with Gasteiger partial charge in [0.15, 0.2) is 0 Å². The van der Waals surface area contributed by atoms with Crippen LogP contribution < -0.4 is 16.0 Å². The Morgan fingerprint density at radius 1 is 1.80 bits per heavy atom. The number of rotatable bonds is 1. The Labute approximate surface area is 60.4 Å². The fraction of sp³-hybridized carbons (Fsp3) is 0.833.